The quantitative estimate of drug-likeness (QED) is 0.857. The molecule has 0 spiro atoms. The van der Waals surface area contributed by atoms with Crippen molar-refractivity contribution in [3.63, 3.8) is 0 Å². The van der Waals surface area contributed by atoms with Crippen LogP contribution >= 0.6 is 0 Å². The highest BCUT2D eigenvalue weighted by atomic mass is 16.5. The van der Waals surface area contributed by atoms with Gasteiger partial charge in [-0.15, -0.1) is 0 Å². The number of rotatable bonds is 4. The highest BCUT2D eigenvalue weighted by Crippen LogP contribution is 2.27. The Balaban J connectivity index is 1.39. The zero-order valence-corrected chi connectivity index (χ0v) is 16.0. The van der Waals surface area contributed by atoms with Crippen LogP contribution in [0.5, 0.6) is 11.5 Å². The maximum Gasteiger partial charge on any atom is 0.254 e. The van der Waals surface area contributed by atoms with Gasteiger partial charge in [-0.2, -0.15) is 0 Å². The lowest BCUT2D eigenvalue weighted by atomic mass is 9.98. The molecule has 0 aromatic heterocycles. The Bertz CT molecular complexity index is 799. The minimum Gasteiger partial charge on any atom is -0.508 e. The van der Waals surface area contributed by atoms with E-state index >= 15 is 0 Å². The molecule has 1 aliphatic heterocycles. The van der Waals surface area contributed by atoms with Crippen LogP contribution in [0.2, 0.25) is 0 Å². The molecule has 2 fully saturated rings. The van der Waals surface area contributed by atoms with Gasteiger partial charge in [0.05, 0.1) is 19.3 Å². The molecule has 4 rings (SSSR count). The van der Waals surface area contributed by atoms with Gasteiger partial charge in [0, 0.05) is 12.1 Å². The number of nitrogens with zero attached hydrogens (tertiary/aromatic N) is 1. The van der Waals surface area contributed by atoms with E-state index in [9.17, 15) is 9.90 Å². The summed E-state index contributed by atoms with van der Waals surface area (Å²) >= 11 is 0. The van der Waals surface area contributed by atoms with Gasteiger partial charge in [-0.1, -0.05) is 18.6 Å². The third-order valence-corrected chi connectivity index (χ3v) is 5.55. The smallest absolute Gasteiger partial charge is 0.254 e. The van der Waals surface area contributed by atoms with Crippen molar-refractivity contribution in [3.05, 3.63) is 59.7 Å². The van der Waals surface area contributed by atoms with Crippen LogP contribution < -0.4 is 4.74 Å². The van der Waals surface area contributed by atoms with Crippen LogP contribution in [-0.4, -0.2) is 41.7 Å². The van der Waals surface area contributed by atoms with Gasteiger partial charge in [0.1, 0.15) is 17.6 Å². The fraction of sp³-hybridized carbons (Fsp3) is 0.435. The fourth-order valence-electron chi connectivity index (χ4n) is 3.99. The standard InChI is InChI=1S/C23H27NO4/c25-19-6-4-5-18(15-19)22-16-24(13-14-27-22)23(26)17-9-11-21(12-10-17)28-20-7-2-1-3-8-20/h4-6,9-12,15,20,22,25H,1-3,7-8,13-14,16H2. The minimum absolute atomic E-state index is 0.00216. The molecule has 0 bridgehead atoms. The summed E-state index contributed by atoms with van der Waals surface area (Å²) in [4.78, 5) is 14.7. The molecule has 5 nitrogen and oxygen atoms in total. The van der Waals surface area contributed by atoms with Gasteiger partial charge in [0.15, 0.2) is 0 Å². The molecule has 1 amide bonds. The van der Waals surface area contributed by atoms with E-state index in [4.69, 9.17) is 9.47 Å². The van der Waals surface area contributed by atoms with Crippen molar-refractivity contribution in [2.24, 2.45) is 0 Å². The molecule has 1 heterocycles. The predicted molar refractivity (Wildman–Crippen MR) is 107 cm³/mol. The molecule has 0 radical (unpaired) electrons. The molecule has 1 N–H and O–H groups in total. The molecule has 2 aromatic rings. The summed E-state index contributed by atoms with van der Waals surface area (Å²) in [6.45, 7) is 1.52. The largest absolute Gasteiger partial charge is 0.508 e. The number of ether oxygens (including phenoxy) is 2. The van der Waals surface area contributed by atoms with Crippen molar-refractivity contribution >= 4 is 5.91 Å². The van der Waals surface area contributed by atoms with Crippen molar-refractivity contribution < 1.29 is 19.4 Å². The average Bonchev–Trinajstić information content (AvgIpc) is 2.75. The first kappa shape index (κ1) is 18.8. The number of aromatic hydroxyl groups is 1. The van der Waals surface area contributed by atoms with Crippen molar-refractivity contribution in [2.75, 3.05) is 19.7 Å². The molecule has 1 saturated heterocycles. The number of benzene rings is 2. The monoisotopic (exact) mass is 381 g/mol. The second-order valence-electron chi connectivity index (χ2n) is 7.61. The van der Waals surface area contributed by atoms with Crippen LogP contribution in [0.25, 0.3) is 0 Å². The first-order valence-electron chi connectivity index (χ1n) is 10.2. The Labute approximate surface area is 165 Å². The summed E-state index contributed by atoms with van der Waals surface area (Å²) in [5.41, 5.74) is 1.54. The third-order valence-electron chi connectivity index (χ3n) is 5.55. The molecular weight excluding hydrogens is 354 g/mol. The van der Waals surface area contributed by atoms with Gasteiger partial charge in [0.25, 0.3) is 5.91 Å². The molecule has 1 aliphatic carbocycles. The Morgan fingerprint density at radius 2 is 1.86 bits per heavy atom. The number of carbonyl (C=O) groups is 1. The van der Waals surface area contributed by atoms with Crippen molar-refractivity contribution in [3.8, 4) is 11.5 Å². The summed E-state index contributed by atoms with van der Waals surface area (Å²) in [7, 11) is 0. The van der Waals surface area contributed by atoms with Crippen LogP contribution in [0, 0.1) is 0 Å². The van der Waals surface area contributed by atoms with E-state index in [-0.39, 0.29) is 17.8 Å². The fourth-order valence-corrected chi connectivity index (χ4v) is 3.99. The average molecular weight is 381 g/mol. The summed E-state index contributed by atoms with van der Waals surface area (Å²) in [6, 6.07) is 14.5. The molecule has 2 aliphatic rings. The Kier molecular flexibility index (Phi) is 5.81. The lowest BCUT2D eigenvalue weighted by Crippen LogP contribution is -2.42. The lowest BCUT2D eigenvalue weighted by Gasteiger charge is -2.33. The van der Waals surface area contributed by atoms with Gasteiger partial charge in [-0.25, -0.2) is 0 Å². The van der Waals surface area contributed by atoms with Gasteiger partial charge in [-0.3, -0.25) is 4.79 Å². The van der Waals surface area contributed by atoms with Crippen molar-refractivity contribution in [2.45, 2.75) is 44.3 Å². The first-order chi connectivity index (χ1) is 13.7. The number of carbonyl (C=O) groups excluding carboxylic acids is 1. The Morgan fingerprint density at radius 3 is 2.61 bits per heavy atom. The van der Waals surface area contributed by atoms with E-state index < -0.39 is 0 Å². The van der Waals surface area contributed by atoms with Gasteiger partial charge in [-0.05, 0) is 67.6 Å². The Morgan fingerprint density at radius 1 is 1.07 bits per heavy atom. The Hall–Kier alpha value is -2.53. The summed E-state index contributed by atoms with van der Waals surface area (Å²) in [5.74, 6) is 1.04. The molecule has 1 unspecified atom stereocenters. The maximum absolute atomic E-state index is 12.9. The normalized spacial score (nSPS) is 20.7. The number of hydrogen-bond donors (Lipinski definition) is 1. The SMILES string of the molecule is O=C(c1ccc(OC2CCCCC2)cc1)N1CCOC(c2cccc(O)c2)C1. The zero-order valence-electron chi connectivity index (χ0n) is 16.0. The maximum atomic E-state index is 12.9. The summed E-state index contributed by atoms with van der Waals surface area (Å²) in [6.07, 6.45) is 6.08. The van der Waals surface area contributed by atoms with Crippen LogP contribution in [-0.2, 0) is 4.74 Å². The van der Waals surface area contributed by atoms with Crippen LogP contribution in [0.3, 0.4) is 0 Å². The molecule has 1 atom stereocenters. The van der Waals surface area contributed by atoms with Crippen LogP contribution in [0.4, 0.5) is 0 Å². The number of hydrogen-bond acceptors (Lipinski definition) is 4. The second-order valence-corrected chi connectivity index (χ2v) is 7.61. The predicted octanol–water partition coefficient (Wildman–Crippen LogP) is 4.32. The second kappa shape index (κ2) is 8.65. The van der Waals surface area contributed by atoms with Crippen LogP contribution in [0.15, 0.2) is 48.5 Å². The van der Waals surface area contributed by atoms with Gasteiger partial charge >= 0.3 is 0 Å². The van der Waals surface area contributed by atoms with Gasteiger partial charge < -0.3 is 19.5 Å². The molecule has 2 aromatic carbocycles. The van der Waals surface area contributed by atoms with E-state index in [1.807, 2.05) is 35.2 Å². The molecule has 5 heteroatoms. The minimum atomic E-state index is -0.223. The topological polar surface area (TPSA) is 59.0 Å². The van der Waals surface area contributed by atoms with E-state index in [0.29, 0.717) is 31.4 Å². The first-order valence-corrected chi connectivity index (χ1v) is 10.2. The molecule has 1 saturated carbocycles. The highest BCUT2D eigenvalue weighted by Gasteiger charge is 2.26. The van der Waals surface area contributed by atoms with Crippen LogP contribution in [0.1, 0.15) is 54.1 Å². The number of phenolic OH excluding ortho intramolecular Hbond substituents is 1. The molecule has 28 heavy (non-hydrogen) atoms. The van der Waals surface area contributed by atoms with Crippen molar-refractivity contribution in [1.82, 2.24) is 4.90 Å². The number of amides is 1. The third kappa shape index (κ3) is 4.47. The molecular formula is C23H27NO4. The van der Waals surface area contributed by atoms with E-state index in [2.05, 4.69) is 0 Å². The summed E-state index contributed by atoms with van der Waals surface area (Å²) in [5, 5.41) is 9.69. The van der Waals surface area contributed by atoms with E-state index in [1.54, 1.807) is 18.2 Å². The molecule has 148 valence electrons. The number of phenols is 1. The lowest BCUT2D eigenvalue weighted by molar-refractivity contribution is -0.0228. The highest BCUT2D eigenvalue weighted by molar-refractivity contribution is 5.94. The van der Waals surface area contributed by atoms with Gasteiger partial charge in [0.2, 0.25) is 0 Å². The zero-order chi connectivity index (χ0) is 19.3. The number of morpholine rings is 1. The van der Waals surface area contributed by atoms with E-state index in [0.717, 1.165) is 24.2 Å². The van der Waals surface area contributed by atoms with E-state index in [1.165, 1.54) is 19.3 Å². The summed E-state index contributed by atoms with van der Waals surface area (Å²) < 4.78 is 11.9. The van der Waals surface area contributed by atoms with Crippen molar-refractivity contribution in [1.29, 1.82) is 0 Å².